The highest BCUT2D eigenvalue weighted by atomic mass is 16.3. The van der Waals surface area contributed by atoms with E-state index < -0.39 is 0 Å². The number of para-hydroxylation sites is 2. The van der Waals surface area contributed by atoms with Gasteiger partial charge >= 0.3 is 0 Å². The van der Waals surface area contributed by atoms with Crippen molar-refractivity contribution in [2.45, 2.75) is 0 Å². The van der Waals surface area contributed by atoms with Crippen molar-refractivity contribution < 1.29 is 4.42 Å². The molecule has 0 aliphatic carbocycles. The average molecular weight is 588 g/mol. The van der Waals surface area contributed by atoms with Crippen LogP contribution in [0, 0.1) is 0 Å². The first-order chi connectivity index (χ1) is 22.8. The first kappa shape index (κ1) is 26.3. The Balaban J connectivity index is 1.39. The van der Waals surface area contributed by atoms with Crippen LogP contribution in [0.4, 0.5) is 17.1 Å². The molecule has 1 heterocycles. The summed E-state index contributed by atoms with van der Waals surface area (Å²) in [6.07, 6.45) is 0. The lowest BCUT2D eigenvalue weighted by Crippen LogP contribution is -2.12. The van der Waals surface area contributed by atoms with Gasteiger partial charge in [0.25, 0.3) is 0 Å². The molecule has 216 valence electrons. The molecule has 9 aromatic rings. The van der Waals surface area contributed by atoms with Crippen molar-refractivity contribution in [1.29, 1.82) is 0 Å². The van der Waals surface area contributed by atoms with Crippen molar-refractivity contribution in [2.24, 2.45) is 0 Å². The summed E-state index contributed by atoms with van der Waals surface area (Å²) in [6, 6.07) is 62.7. The van der Waals surface area contributed by atoms with Crippen LogP contribution < -0.4 is 4.90 Å². The van der Waals surface area contributed by atoms with E-state index >= 15 is 0 Å². The van der Waals surface area contributed by atoms with E-state index in [0.29, 0.717) is 0 Å². The largest absolute Gasteiger partial charge is 0.455 e. The molecule has 0 N–H and O–H groups in total. The third kappa shape index (κ3) is 4.27. The van der Waals surface area contributed by atoms with Crippen LogP contribution >= 0.6 is 0 Å². The van der Waals surface area contributed by atoms with Gasteiger partial charge in [-0.2, -0.15) is 0 Å². The van der Waals surface area contributed by atoms with Gasteiger partial charge in [0, 0.05) is 22.2 Å². The summed E-state index contributed by atoms with van der Waals surface area (Å²) in [5.74, 6) is 0. The lowest BCUT2D eigenvalue weighted by molar-refractivity contribution is 0.670. The Morgan fingerprint density at radius 2 is 1.00 bits per heavy atom. The van der Waals surface area contributed by atoms with Crippen LogP contribution in [0.1, 0.15) is 0 Å². The Bertz CT molecular complexity index is 2530. The van der Waals surface area contributed by atoms with E-state index in [0.717, 1.165) is 55.7 Å². The van der Waals surface area contributed by atoms with Crippen molar-refractivity contribution in [2.75, 3.05) is 4.90 Å². The van der Waals surface area contributed by atoms with Crippen LogP contribution in [-0.4, -0.2) is 0 Å². The van der Waals surface area contributed by atoms with Crippen LogP contribution in [0.2, 0.25) is 0 Å². The van der Waals surface area contributed by atoms with Gasteiger partial charge in [-0.3, -0.25) is 0 Å². The van der Waals surface area contributed by atoms with Crippen molar-refractivity contribution >= 4 is 60.5 Å². The number of hydrogen-bond acceptors (Lipinski definition) is 2. The van der Waals surface area contributed by atoms with Crippen molar-refractivity contribution in [3.05, 3.63) is 176 Å². The number of anilines is 3. The molecule has 0 aliphatic heterocycles. The third-order valence-corrected chi connectivity index (χ3v) is 9.05. The molecule has 0 fully saturated rings. The summed E-state index contributed by atoms with van der Waals surface area (Å²) < 4.78 is 6.72. The summed E-state index contributed by atoms with van der Waals surface area (Å²) in [7, 11) is 0. The molecule has 0 atom stereocenters. The molecule has 0 radical (unpaired) electrons. The number of rotatable bonds is 5. The highest BCUT2D eigenvalue weighted by molar-refractivity contribution is 6.18. The lowest BCUT2D eigenvalue weighted by atomic mass is 9.97. The quantitative estimate of drug-likeness (QED) is 0.186. The Hall–Kier alpha value is -6.12. The number of furan rings is 1. The SMILES string of the molecule is c1ccc(-c2ccccc2N(c2ccc3ccc4ccccc4c3c2)c2ccc(-c3ccccc3)c3oc4ccccc4c23)cc1. The molecule has 0 aliphatic rings. The van der Waals surface area contributed by atoms with Crippen molar-refractivity contribution in [3.63, 3.8) is 0 Å². The number of fused-ring (bicyclic) bond motifs is 6. The summed E-state index contributed by atoms with van der Waals surface area (Å²) in [4.78, 5) is 2.42. The lowest BCUT2D eigenvalue weighted by Gasteiger charge is -2.29. The predicted molar refractivity (Wildman–Crippen MR) is 194 cm³/mol. The van der Waals surface area contributed by atoms with E-state index in [2.05, 4.69) is 175 Å². The molecule has 0 saturated heterocycles. The Morgan fingerprint density at radius 1 is 0.391 bits per heavy atom. The minimum Gasteiger partial charge on any atom is -0.455 e. The topological polar surface area (TPSA) is 16.4 Å². The standard InChI is InChI=1S/C44H29NO/c1-3-13-30(14-4-1)36-19-9-11-21-40(36)45(34-26-25-33-24-23-32-17-7-8-18-35(32)39(33)29-34)41-28-27-37(31-15-5-2-6-16-31)44-43(41)38-20-10-12-22-42(38)46-44/h1-29H. The zero-order chi connectivity index (χ0) is 30.5. The molecule has 0 saturated carbocycles. The summed E-state index contributed by atoms with van der Waals surface area (Å²) in [5, 5.41) is 7.12. The Kier molecular flexibility index (Phi) is 6.17. The van der Waals surface area contributed by atoms with Crippen molar-refractivity contribution in [3.8, 4) is 22.3 Å². The fraction of sp³-hybridized carbons (Fsp3) is 0. The van der Waals surface area contributed by atoms with Gasteiger partial charge in [-0.05, 0) is 69.1 Å². The van der Waals surface area contributed by atoms with Crippen molar-refractivity contribution in [1.82, 2.24) is 0 Å². The van der Waals surface area contributed by atoms with E-state index in [1.54, 1.807) is 0 Å². The Labute approximate surface area is 267 Å². The molecule has 9 rings (SSSR count). The van der Waals surface area contributed by atoms with E-state index in [1.165, 1.54) is 27.1 Å². The maximum absolute atomic E-state index is 6.72. The first-order valence-corrected chi connectivity index (χ1v) is 15.7. The van der Waals surface area contributed by atoms with E-state index in [-0.39, 0.29) is 0 Å². The van der Waals surface area contributed by atoms with Crippen LogP contribution in [0.5, 0.6) is 0 Å². The van der Waals surface area contributed by atoms with Gasteiger partial charge in [0.1, 0.15) is 11.2 Å². The van der Waals surface area contributed by atoms with Crippen LogP contribution in [0.15, 0.2) is 180 Å². The molecule has 2 heteroatoms. The Morgan fingerprint density at radius 3 is 1.80 bits per heavy atom. The van der Waals surface area contributed by atoms with Gasteiger partial charge in [-0.1, -0.05) is 140 Å². The smallest absolute Gasteiger partial charge is 0.145 e. The average Bonchev–Trinajstić information content (AvgIpc) is 3.53. The van der Waals surface area contributed by atoms with Crippen LogP contribution in [-0.2, 0) is 0 Å². The normalized spacial score (nSPS) is 11.5. The molecular weight excluding hydrogens is 558 g/mol. The highest BCUT2D eigenvalue weighted by Gasteiger charge is 2.24. The van der Waals surface area contributed by atoms with E-state index in [9.17, 15) is 0 Å². The third-order valence-electron chi connectivity index (χ3n) is 9.05. The summed E-state index contributed by atoms with van der Waals surface area (Å²) in [6.45, 7) is 0. The zero-order valence-corrected chi connectivity index (χ0v) is 25.1. The maximum Gasteiger partial charge on any atom is 0.145 e. The summed E-state index contributed by atoms with van der Waals surface area (Å²) >= 11 is 0. The fourth-order valence-electron chi connectivity index (χ4n) is 6.91. The second-order valence-corrected chi connectivity index (χ2v) is 11.7. The molecule has 1 aromatic heterocycles. The zero-order valence-electron chi connectivity index (χ0n) is 25.1. The van der Waals surface area contributed by atoms with Gasteiger partial charge in [-0.25, -0.2) is 0 Å². The number of nitrogens with zero attached hydrogens (tertiary/aromatic N) is 1. The molecule has 0 unspecified atom stereocenters. The molecule has 0 spiro atoms. The predicted octanol–water partition coefficient (Wildman–Crippen LogP) is 12.7. The maximum atomic E-state index is 6.72. The first-order valence-electron chi connectivity index (χ1n) is 15.7. The highest BCUT2D eigenvalue weighted by Crippen LogP contribution is 2.48. The van der Waals surface area contributed by atoms with Gasteiger partial charge in [0.2, 0.25) is 0 Å². The molecule has 0 amide bonds. The van der Waals surface area contributed by atoms with Crippen LogP contribution in [0.25, 0.3) is 65.7 Å². The second kappa shape index (κ2) is 10.8. The molecule has 46 heavy (non-hydrogen) atoms. The van der Waals surface area contributed by atoms with E-state index in [4.69, 9.17) is 4.42 Å². The molecule has 0 bridgehead atoms. The van der Waals surface area contributed by atoms with Gasteiger partial charge < -0.3 is 9.32 Å². The van der Waals surface area contributed by atoms with Gasteiger partial charge in [-0.15, -0.1) is 0 Å². The summed E-state index contributed by atoms with van der Waals surface area (Å²) in [5.41, 5.74) is 9.57. The van der Waals surface area contributed by atoms with Crippen LogP contribution in [0.3, 0.4) is 0 Å². The monoisotopic (exact) mass is 587 g/mol. The molecule has 8 aromatic carbocycles. The molecule has 2 nitrogen and oxygen atoms in total. The minimum absolute atomic E-state index is 0.878. The molecular formula is C44H29NO. The van der Waals surface area contributed by atoms with Gasteiger partial charge in [0.15, 0.2) is 0 Å². The van der Waals surface area contributed by atoms with E-state index in [1.807, 2.05) is 6.07 Å². The van der Waals surface area contributed by atoms with Gasteiger partial charge in [0.05, 0.1) is 16.8 Å². The number of hydrogen-bond donors (Lipinski definition) is 0. The fourth-order valence-corrected chi connectivity index (χ4v) is 6.91. The minimum atomic E-state index is 0.878. The second-order valence-electron chi connectivity index (χ2n) is 11.7. The number of benzene rings is 8.